The SMILES string of the molecule is Cc1cccc(OCC(=O)Nc2cnc(N3CCN(C)CC3)nc2)c1. The zero-order chi connectivity index (χ0) is 17.6. The van der Waals surface area contributed by atoms with Gasteiger partial charge < -0.3 is 19.9 Å². The van der Waals surface area contributed by atoms with Gasteiger partial charge in [-0.1, -0.05) is 12.1 Å². The Morgan fingerprint density at radius 3 is 2.60 bits per heavy atom. The fraction of sp³-hybridized carbons (Fsp3) is 0.389. The van der Waals surface area contributed by atoms with Crippen LogP contribution in [-0.4, -0.2) is 60.6 Å². The molecule has 0 atom stereocenters. The average Bonchev–Trinajstić information content (AvgIpc) is 2.62. The monoisotopic (exact) mass is 341 g/mol. The highest BCUT2D eigenvalue weighted by Crippen LogP contribution is 2.14. The number of carbonyl (C=O) groups is 1. The number of hydrogen-bond donors (Lipinski definition) is 1. The molecule has 0 bridgehead atoms. The van der Waals surface area contributed by atoms with E-state index in [1.165, 1.54) is 0 Å². The van der Waals surface area contributed by atoms with E-state index < -0.39 is 0 Å². The Morgan fingerprint density at radius 1 is 1.20 bits per heavy atom. The molecular formula is C18H23N5O2. The number of ether oxygens (including phenoxy) is 1. The predicted octanol–water partition coefficient (Wildman–Crippen LogP) is 1.55. The molecule has 132 valence electrons. The van der Waals surface area contributed by atoms with Crippen molar-refractivity contribution in [2.75, 3.05) is 50.1 Å². The molecular weight excluding hydrogens is 318 g/mol. The first kappa shape index (κ1) is 17.2. The van der Waals surface area contributed by atoms with Crippen molar-refractivity contribution in [1.82, 2.24) is 14.9 Å². The first-order chi connectivity index (χ1) is 12.1. The van der Waals surface area contributed by atoms with E-state index >= 15 is 0 Å². The summed E-state index contributed by atoms with van der Waals surface area (Å²) in [5.41, 5.74) is 1.65. The number of nitrogens with zero attached hydrogens (tertiary/aromatic N) is 4. The maximum Gasteiger partial charge on any atom is 0.262 e. The van der Waals surface area contributed by atoms with Crippen molar-refractivity contribution in [1.29, 1.82) is 0 Å². The summed E-state index contributed by atoms with van der Waals surface area (Å²) in [5.74, 6) is 1.14. The van der Waals surface area contributed by atoms with E-state index in [9.17, 15) is 4.79 Å². The summed E-state index contributed by atoms with van der Waals surface area (Å²) in [6.45, 7) is 5.74. The standard InChI is InChI=1S/C18H23N5O2/c1-14-4-3-5-16(10-14)25-13-17(24)21-15-11-19-18(20-12-15)23-8-6-22(2)7-9-23/h3-5,10-12H,6-9,13H2,1-2H3,(H,21,24). The zero-order valence-corrected chi connectivity index (χ0v) is 14.6. The first-order valence-corrected chi connectivity index (χ1v) is 8.35. The Labute approximate surface area is 147 Å². The van der Waals surface area contributed by atoms with Crippen molar-refractivity contribution in [3.8, 4) is 5.75 Å². The van der Waals surface area contributed by atoms with E-state index in [0.29, 0.717) is 17.4 Å². The Morgan fingerprint density at radius 2 is 1.92 bits per heavy atom. The van der Waals surface area contributed by atoms with Crippen molar-refractivity contribution in [2.45, 2.75) is 6.92 Å². The van der Waals surface area contributed by atoms with Gasteiger partial charge in [-0.2, -0.15) is 0 Å². The van der Waals surface area contributed by atoms with Crippen LogP contribution < -0.4 is 15.0 Å². The van der Waals surface area contributed by atoms with Gasteiger partial charge in [0, 0.05) is 26.2 Å². The number of nitrogens with one attached hydrogen (secondary N) is 1. The highest BCUT2D eigenvalue weighted by molar-refractivity contribution is 5.91. The molecule has 7 heteroatoms. The number of likely N-dealkylation sites (N-methyl/N-ethyl adjacent to an activating group) is 1. The lowest BCUT2D eigenvalue weighted by molar-refractivity contribution is -0.118. The van der Waals surface area contributed by atoms with E-state index in [2.05, 4.69) is 32.1 Å². The summed E-state index contributed by atoms with van der Waals surface area (Å²) in [6.07, 6.45) is 3.26. The molecule has 25 heavy (non-hydrogen) atoms. The number of benzene rings is 1. The number of hydrogen-bond acceptors (Lipinski definition) is 6. The maximum absolute atomic E-state index is 12.0. The van der Waals surface area contributed by atoms with Crippen LogP contribution in [0.5, 0.6) is 5.75 Å². The van der Waals surface area contributed by atoms with Gasteiger partial charge in [-0.05, 0) is 31.7 Å². The lowest BCUT2D eigenvalue weighted by atomic mass is 10.2. The van der Waals surface area contributed by atoms with Crippen LogP contribution in [0.4, 0.5) is 11.6 Å². The minimum absolute atomic E-state index is 0.0519. The maximum atomic E-state index is 12.0. The van der Waals surface area contributed by atoms with Gasteiger partial charge in [-0.3, -0.25) is 4.79 Å². The highest BCUT2D eigenvalue weighted by Gasteiger charge is 2.16. The van der Waals surface area contributed by atoms with Gasteiger partial charge >= 0.3 is 0 Å². The van der Waals surface area contributed by atoms with Gasteiger partial charge in [-0.15, -0.1) is 0 Å². The second-order valence-electron chi connectivity index (χ2n) is 6.22. The summed E-state index contributed by atoms with van der Waals surface area (Å²) >= 11 is 0. The van der Waals surface area contributed by atoms with Crippen LogP contribution in [0.1, 0.15) is 5.56 Å². The van der Waals surface area contributed by atoms with E-state index in [1.807, 2.05) is 31.2 Å². The normalized spacial score (nSPS) is 15.0. The summed E-state index contributed by atoms with van der Waals surface area (Å²) in [5, 5.41) is 2.75. The smallest absolute Gasteiger partial charge is 0.262 e. The van der Waals surface area contributed by atoms with Crippen LogP contribution in [0.3, 0.4) is 0 Å². The minimum Gasteiger partial charge on any atom is -0.484 e. The largest absolute Gasteiger partial charge is 0.484 e. The molecule has 0 spiro atoms. The Balaban J connectivity index is 1.50. The summed E-state index contributed by atoms with van der Waals surface area (Å²) in [4.78, 5) is 25.1. The molecule has 2 heterocycles. The quantitative estimate of drug-likeness (QED) is 0.890. The van der Waals surface area contributed by atoms with Crippen molar-refractivity contribution in [2.24, 2.45) is 0 Å². The molecule has 2 aromatic rings. The fourth-order valence-electron chi connectivity index (χ4n) is 2.61. The van der Waals surface area contributed by atoms with Crippen LogP contribution in [0.15, 0.2) is 36.7 Å². The first-order valence-electron chi connectivity index (χ1n) is 8.35. The van der Waals surface area contributed by atoms with Gasteiger partial charge in [0.2, 0.25) is 5.95 Å². The van der Waals surface area contributed by atoms with Crippen molar-refractivity contribution in [3.05, 3.63) is 42.2 Å². The Hall–Kier alpha value is -2.67. The van der Waals surface area contributed by atoms with Gasteiger partial charge in [0.15, 0.2) is 6.61 Å². The molecule has 1 aromatic carbocycles. The molecule has 0 aliphatic carbocycles. The third kappa shape index (κ3) is 4.90. The number of aromatic nitrogens is 2. The van der Waals surface area contributed by atoms with Gasteiger partial charge in [0.05, 0.1) is 18.1 Å². The van der Waals surface area contributed by atoms with Crippen molar-refractivity contribution >= 4 is 17.5 Å². The molecule has 1 aromatic heterocycles. The third-order valence-electron chi connectivity index (χ3n) is 4.07. The number of carbonyl (C=O) groups excluding carboxylic acids is 1. The summed E-state index contributed by atoms with van der Waals surface area (Å²) < 4.78 is 5.48. The number of rotatable bonds is 5. The number of aryl methyl sites for hydroxylation is 1. The average molecular weight is 341 g/mol. The molecule has 0 unspecified atom stereocenters. The van der Waals surface area contributed by atoms with E-state index in [0.717, 1.165) is 31.7 Å². The van der Waals surface area contributed by atoms with E-state index in [1.54, 1.807) is 12.4 Å². The predicted molar refractivity (Wildman–Crippen MR) is 97.0 cm³/mol. The van der Waals surface area contributed by atoms with Crippen LogP contribution in [-0.2, 0) is 4.79 Å². The number of piperazine rings is 1. The van der Waals surface area contributed by atoms with Crippen LogP contribution in [0.25, 0.3) is 0 Å². The molecule has 1 aliphatic heterocycles. The molecule has 1 amide bonds. The number of amides is 1. The van der Waals surface area contributed by atoms with Crippen LogP contribution in [0, 0.1) is 6.92 Å². The Bertz CT molecular complexity index is 712. The molecule has 3 rings (SSSR count). The topological polar surface area (TPSA) is 70.6 Å². The second kappa shape index (κ2) is 7.94. The van der Waals surface area contributed by atoms with Crippen LogP contribution >= 0.6 is 0 Å². The molecule has 1 saturated heterocycles. The zero-order valence-electron chi connectivity index (χ0n) is 14.6. The molecule has 0 saturated carbocycles. The minimum atomic E-state index is -0.238. The van der Waals surface area contributed by atoms with E-state index in [4.69, 9.17) is 4.74 Å². The van der Waals surface area contributed by atoms with Gasteiger partial charge in [0.25, 0.3) is 5.91 Å². The molecule has 1 aliphatic rings. The van der Waals surface area contributed by atoms with E-state index in [-0.39, 0.29) is 12.5 Å². The fourth-order valence-corrected chi connectivity index (χ4v) is 2.61. The number of anilines is 2. The van der Waals surface area contributed by atoms with Crippen LogP contribution in [0.2, 0.25) is 0 Å². The molecule has 0 radical (unpaired) electrons. The van der Waals surface area contributed by atoms with Gasteiger partial charge in [0.1, 0.15) is 5.75 Å². The van der Waals surface area contributed by atoms with Gasteiger partial charge in [-0.25, -0.2) is 9.97 Å². The van der Waals surface area contributed by atoms with Crippen molar-refractivity contribution in [3.63, 3.8) is 0 Å². The molecule has 1 N–H and O–H groups in total. The lowest BCUT2D eigenvalue weighted by Crippen LogP contribution is -2.45. The Kier molecular flexibility index (Phi) is 5.45. The van der Waals surface area contributed by atoms with Crippen molar-refractivity contribution < 1.29 is 9.53 Å². The molecule has 7 nitrogen and oxygen atoms in total. The molecule has 1 fully saturated rings. The highest BCUT2D eigenvalue weighted by atomic mass is 16.5. The summed E-state index contributed by atoms with van der Waals surface area (Å²) in [6, 6.07) is 7.59. The summed E-state index contributed by atoms with van der Waals surface area (Å²) in [7, 11) is 2.11. The lowest BCUT2D eigenvalue weighted by Gasteiger charge is -2.32. The second-order valence-corrected chi connectivity index (χ2v) is 6.22. The third-order valence-corrected chi connectivity index (χ3v) is 4.07.